The standard InChI is InChI=1S/C6H5NO5S.Zr/c8-7(9)12-13(10,11)6-4-2-1-3-5-6;/h1-5H;. The van der Waals surface area contributed by atoms with Gasteiger partial charge in [0.25, 0.3) is 0 Å². The first-order valence-corrected chi connectivity index (χ1v) is 4.57. The van der Waals surface area contributed by atoms with E-state index in [0.717, 1.165) is 0 Å². The maximum Gasteiger partial charge on any atom is 0.334 e. The second-order valence-corrected chi connectivity index (χ2v) is 3.59. The van der Waals surface area contributed by atoms with Crippen molar-refractivity contribution < 1.29 is 44.0 Å². The minimum absolute atomic E-state index is 0. The maximum atomic E-state index is 11.0. The number of rotatable bonds is 3. The first-order chi connectivity index (χ1) is 6.02. The molecule has 6 nitrogen and oxygen atoms in total. The van der Waals surface area contributed by atoms with Crippen LogP contribution in [0.2, 0.25) is 0 Å². The molecule has 8 heteroatoms. The Bertz CT molecular complexity index is 403. The maximum absolute atomic E-state index is 11.0. The van der Waals surface area contributed by atoms with Gasteiger partial charge < -0.3 is 0 Å². The number of benzene rings is 1. The van der Waals surface area contributed by atoms with Gasteiger partial charge in [-0.1, -0.05) is 18.2 Å². The van der Waals surface area contributed by atoms with Gasteiger partial charge in [0.1, 0.15) is 0 Å². The van der Waals surface area contributed by atoms with Gasteiger partial charge >= 0.3 is 15.2 Å². The summed E-state index contributed by atoms with van der Waals surface area (Å²) in [5, 5.41) is 8.43. The van der Waals surface area contributed by atoms with E-state index in [9.17, 15) is 18.5 Å². The first-order valence-electron chi connectivity index (χ1n) is 3.16. The summed E-state index contributed by atoms with van der Waals surface area (Å²) in [5.74, 6) is 0. The van der Waals surface area contributed by atoms with Crippen molar-refractivity contribution in [1.29, 1.82) is 0 Å². The van der Waals surface area contributed by atoms with E-state index in [-0.39, 0.29) is 31.1 Å². The fraction of sp³-hybridized carbons (Fsp3) is 0. The molecule has 1 aromatic rings. The summed E-state index contributed by atoms with van der Waals surface area (Å²) in [7, 11) is -4.26. The summed E-state index contributed by atoms with van der Waals surface area (Å²) in [6, 6.07) is 6.88. The zero-order chi connectivity index (χ0) is 9.90. The number of hydrogen-bond donors (Lipinski definition) is 0. The minimum Gasteiger partial charge on any atom is -0.196 e. The van der Waals surface area contributed by atoms with Crippen LogP contribution in [-0.4, -0.2) is 13.5 Å². The van der Waals surface area contributed by atoms with E-state index in [1.54, 1.807) is 6.07 Å². The molecule has 1 aromatic carbocycles. The van der Waals surface area contributed by atoms with Gasteiger partial charge in [0.15, 0.2) is 0 Å². The molecular weight excluding hydrogens is 289 g/mol. The van der Waals surface area contributed by atoms with Crippen LogP contribution in [0.4, 0.5) is 0 Å². The van der Waals surface area contributed by atoms with E-state index >= 15 is 0 Å². The molecule has 0 aromatic heterocycles. The third kappa shape index (κ3) is 3.55. The number of hydrogen-bond acceptors (Lipinski definition) is 5. The van der Waals surface area contributed by atoms with Crippen molar-refractivity contribution >= 4 is 10.1 Å². The van der Waals surface area contributed by atoms with E-state index in [0.29, 0.717) is 0 Å². The Morgan fingerprint density at radius 1 is 1.21 bits per heavy atom. The minimum atomic E-state index is -4.26. The Hall–Kier alpha value is -0.747. The van der Waals surface area contributed by atoms with Gasteiger partial charge in [-0.05, 0) is 12.1 Å². The molecule has 0 radical (unpaired) electrons. The Morgan fingerprint density at radius 3 is 2.14 bits per heavy atom. The molecule has 0 bridgehead atoms. The zero-order valence-electron chi connectivity index (χ0n) is 6.78. The molecule has 0 N–H and O–H groups in total. The van der Waals surface area contributed by atoms with Crippen molar-refractivity contribution in [1.82, 2.24) is 0 Å². The Labute approximate surface area is 99.2 Å². The molecule has 0 fully saturated rings. The molecule has 14 heavy (non-hydrogen) atoms. The van der Waals surface area contributed by atoms with Crippen molar-refractivity contribution in [3.63, 3.8) is 0 Å². The summed E-state index contributed by atoms with van der Waals surface area (Å²) in [4.78, 5) is 9.55. The van der Waals surface area contributed by atoms with Gasteiger partial charge in [0.2, 0.25) is 0 Å². The van der Waals surface area contributed by atoms with Gasteiger partial charge in [-0.15, -0.1) is 10.1 Å². The Morgan fingerprint density at radius 2 is 1.71 bits per heavy atom. The average Bonchev–Trinajstić information content (AvgIpc) is 2.04. The van der Waals surface area contributed by atoms with Crippen molar-refractivity contribution in [2.24, 2.45) is 0 Å². The Kier molecular flexibility index (Phi) is 4.93. The van der Waals surface area contributed by atoms with Crippen LogP contribution in [0.1, 0.15) is 0 Å². The molecule has 0 saturated heterocycles. The third-order valence-electron chi connectivity index (χ3n) is 1.19. The fourth-order valence-corrected chi connectivity index (χ4v) is 1.45. The summed E-state index contributed by atoms with van der Waals surface area (Å²) >= 11 is 0. The van der Waals surface area contributed by atoms with Crippen molar-refractivity contribution in [3.8, 4) is 0 Å². The van der Waals surface area contributed by atoms with E-state index in [1.165, 1.54) is 24.3 Å². The monoisotopic (exact) mass is 293 g/mol. The van der Waals surface area contributed by atoms with Gasteiger partial charge in [0.05, 0.1) is 4.90 Å². The Balaban J connectivity index is 0.00000169. The fourth-order valence-electron chi connectivity index (χ4n) is 0.710. The van der Waals surface area contributed by atoms with Crippen LogP contribution >= 0.6 is 0 Å². The van der Waals surface area contributed by atoms with E-state index in [1.807, 2.05) is 0 Å². The molecular formula is C6H5NO5SZr. The smallest absolute Gasteiger partial charge is 0.196 e. The molecule has 0 spiro atoms. The molecule has 0 aliphatic heterocycles. The van der Waals surface area contributed by atoms with Crippen LogP contribution in [0.25, 0.3) is 0 Å². The van der Waals surface area contributed by atoms with E-state index in [2.05, 4.69) is 4.28 Å². The molecule has 0 atom stereocenters. The van der Waals surface area contributed by atoms with Crippen molar-refractivity contribution in [2.75, 3.05) is 0 Å². The van der Waals surface area contributed by atoms with Crippen LogP contribution in [0.5, 0.6) is 0 Å². The van der Waals surface area contributed by atoms with Crippen LogP contribution < -0.4 is 0 Å². The van der Waals surface area contributed by atoms with Crippen LogP contribution in [-0.2, 0) is 40.6 Å². The SMILES string of the molecule is O=[N+]([O-])OS(=O)(=O)c1ccccc1.[Zr]. The van der Waals surface area contributed by atoms with E-state index < -0.39 is 15.2 Å². The number of nitrogens with zero attached hydrogens (tertiary/aromatic N) is 1. The average molecular weight is 294 g/mol. The van der Waals surface area contributed by atoms with Gasteiger partial charge in [-0.25, -0.2) is 0 Å². The normalized spacial score (nSPS) is 10.0. The first kappa shape index (κ1) is 13.3. The largest absolute Gasteiger partial charge is 0.334 e. The molecule has 74 valence electrons. The topological polar surface area (TPSA) is 86.5 Å². The third-order valence-corrected chi connectivity index (χ3v) is 2.36. The van der Waals surface area contributed by atoms with Crippen molar-refractivity contribution in [2.45, 2.75) is 4.90 Å². The summed E-state index contributed by atoms with van der Waals surface area (Å²) in [6.07, 6.45) is 0. The molecule has 0 unspecified atom stereocenters. The van der Waals surface area contributed by atoms with Gasteiger partial charge in [-0.2, -0.15) is 12.7 Å². The molecule has 0 aliphatic rings. The van der Waals surface area contributed by atoms with E-state index in [4.69, 9.17) is 0 Å². The zero-order valence-corrected chi connectivity index (χ0v) is 10.1. The predicted octanol–water partition coefficient (Wildman–Crippen LogP) is 0.581. The second kappa shape index (κ2) is 5.21. The van der Waals surface area contributed by atoms with Crippen LogP contribution in [0.15, 0.2) is 35.2 Å². The second-order valence-electron chi connectivity index (χ2n) is 2.07. The molecule has 1 rings (SSSR count). The predicted molar refractivity (Wildman–Crippen MR) is 41.7 cm³/mol. The summed E-state index contributed by atoms with van der Waals surface area (Å²) < 4.78 is 25.5. The van der Waals surface area contributed by atoms with Crippen LogP contribution in [0, 0.1) is 10.1 Å². The summed E-state index contributed by atoms with van der Waals surface area (Å²) in [5.41, 5.74) is 0. The quantitative estimate of drug-likeness (QED) is 0.601. The van der Waals surface area contributed by atoms with Crippen LogP contribution in [0.3, 0.4) is 0 Å². The summed E-state index contributed by atoms with van der Waals surface area (Å²) in [6.45, 7) is 0. The molecule has 0 heterocycles. The van der Waals surface area contributed by atoms with Crippen molar-refractivity contribution in [3.05, 3.63) is 40.4 Å². The molecule has 0 amide bonds. The van der Waals surface area contributed by atoms with Gasteiger partial charge in [0, 0.05) is 26.2 Å². The molecule has 0 saturated carbocycles. The molecule has 0 aliphatic carbocycles. The van der Waals surface area contributed by atoms with Gasteiger partial charge in [-0.3, -0.25) is 0 Å².